The van der Waals surface area contributed by atoms with Crippen molar-refractivity contribution in [3.05, 3.63) is 34.1 Å². The molecule has 2 aromatic rings. The lowest BCUT2D eigenvalue weighted by molar-refractivity contribution is -0.115. The van der Waals surface area contributed by atoms with E-state index in [1.807, 2.05) is 26.8 Å². The Balaban J connectivity index is 1.96. The summed E-state index contributed by atoms with van der Waals surface area (Å²) in [4.78, 5) is 33.5. The van der Waals surface area contributed by atoms with Gasteiger partial charge < -0.3 is 10.1 Å². The van der Waals surface area contributed by atoms with Gasteiger partial charge in [-0.1, -0.05) is 0 Å². The first-order valence-corrected chi connectivity index (χ1v) is 9.71. The minimum Gasteiger partial charge on any atom is -0.462 e. The third kappa shape index (κ3) is 5.27. The molecular weight excluding hydrogens is 358 g/mol. The van der Waals surface area contributed by atoms with Crippen molar-refractivity contribution in [2.45, 2.75) is 39.1 Å². The fourth-order valence-electron chi connectivity index (χ4n) is 2.11. The number of anilines is 1. The number of nitrogens with one attached hydrogen (secondary N) is 1. The number of carbonyl (C=O) groups excluding carboxylic acids is 2. The zero-order valence-electron chi connectivity index (χ0n) is 14.7. The van der Waals surface area contributed by atoms with Gasteiger partial charge in [0.15, 0.2) is 0 Å². The second kappa shape index (κ2) is 8.96. The quantitative estimate of drug-likeness (QED) is 0.448. The molecule has 0 unspecified atom stereocenters. The summed E-state index contributed by atoms with van der Waals surface area (Å²) in [5.74, 6) is 0.0657. The molecule has 0 aliphatic heterocycles. The van der Waals surface area contributed by atoms with Gasteiger partial charge in [-0.25, -0.2) is 14.8 Å². The maximum absolute atomic E-state index is 12.2. The van der Waals surface area contributed by atoms with Crippen molar-refractivity contribution in [2.24, 2.45) is 0 Å². The number of esters is 1. The first-order chi connectivity index (χ1) is 11.9. The molecule has 134 valence electrons. The van der Waals surface area contributed by atoms with Crippen molar-refractivity contribution >= 4 is 40.0 Å². The van der Waals surface area contributed by atoms with Crippen molar-refractivity contribution in [3.63, 3.8) is 0 Å². The van der Waals surface area contributed by atoms with E-state index in [9.17, 15) is 9.59 Å². The van der Waals surface area contributed by atoms with Crippen LogP contribution in [-0.2, 0) is 9.53 Å². The Kier molecular flexibility index (Phi) is 6.95. The van der Waals surface area contributed by atoms with Crippen molar-refractivity contribution < 1.29 is 14.3 Å². The van der Waals surface area contributed by atoms with E-state index in [1.54, 1.807) is 6.92 Å². The molecule has 1 amide bonds. The molecule has 0 aliphatic rings. The number of aromatic nitrogens is 2. The highest BCUT2D eigenvalue weighted by atomic mass is 32.2. The first-order valence-electron chi connectivity index (χ1n) is 7.90. The predicted octanol–water partition coefficient (Wildman–Crippen LogP) is 3.76. The average Bonchev–Trinajstić information content (AvgIpc) is 2.82. The first kappa shape index (κ1) is 19.4. The Hall–Kier alpha value is -1.93. The fraction of sp³-hybridized carbons (Fsp3) is 0.412. The molecule has 2 heterocycles. The molecule has 0 fully saturated rings. The lowest BCUT2D eigenvalue weighted by Crippen LogP contribution is -2.15. The van der Waals surface area contributed by atoms with Gasteiger partial charge in [-0.15, -0.1) is 23.1 Å². The average molecular weight is 380 g/mol. The number of rotatable bonds is 7. The Labute approximate surface area is 155 Å². The van der Waals surface area contributed by atoms with E-state index in [2.05, 4.69) is 15.3 Å². The molecular formula is C17H21N3O3S2. The molecule has 0 saturated heterocycles. The van der Waals surface area contributed by atoms with Crippen molar-refractivity contribution in [2.75, 3.05) is 17.7 Å². The minimum absolute atomic E-state index is 0.134. The van der Waals surface area contributed by atoms with Crippen LogP contribution in [0.25, 0.3) is 0 Å². The van der Waals surface area contributed by atoms with Gasteiger partial charge in [-0.3, -0.25) is 4.79 Å². The van der Waals surface area contributed by atoms with Gasteiger partial charge in [0.05, 0.1) is 17.2 Å². The topological polar surface area (TPSA) is 81.2 Å². The van der Waals surface area contributed by atoms with E-state index in [-0.39, 0.29) is 5.91 Å². The minimum atomic E-state index is -0.398. The van der Waals surface area contributed by atoms with Crippen LogP contribution in [0.5, 0.6) is 0 Å². The lowest BCUT2D eigenvalue weighted by Gasteiger charge is -2.07. The number of hydrogen-bond donors (Lipinski definition) is 1. The molecule has 6 nitrogen and oxygen atoms in total. The summed E-state index contributed by atoms with van der Waals surface area (Å²) < 4.78 is 5.09. The summed E-state index contributed by atoms with van der Waals surface area (Å²) in [6.07, 6.45) is 1.84. The third-order valence-corrected chi connectivity index (χ3v) is 5.53. The largest absolute Gasteiger partial charge is 0.462 e. The molecule has 0 spiro atoms. The van der Waals surface area contributed by atoms with Crippen LogP contribution in [0.2, 0.25) is 0 Å². The van der Waals surface area contributed by atoms with Gasteiger partial charge in [-0.05, 0) is 39.3 Å². The smallest absolute Gasteiger partial charge is 0.341 e. The molecule has 8 heteroatoms. The number of aryl methyl sites for hydroxylation is 2. The number of thiophene rings is 1. The molecule has 0 radical (unpaired) electrons. The molecule has 0 aromatic carbocycles. The predicted molar refractivity (Wildman–Crippen MR) is 100 cm³/mol. The molecule has 0 saturated carbocycles. The third-order valence-electron chi connectivity index (χ3n) is 3.48. The Bertz CT molecular complexity index is 774. The molecule has 25 heavy (non-hydrogen) atoms. The SMILES string of the molecule is CCOC(=O)c1c(NC(=O)CCSc2cc(C)ncn2)sc(C)c1C. The molecule has 2 aromatic heterocycles. The highest BCUT2D eigenvalue weighted by Crippen LogP contribution is 2.33. The molecule has 0 aliphatic carbocycles. The number of amides is 1. The molecule has 1 N–H and O–H groups in total. The number of hydrogen-bond acceptors (Lipinski definition) is 7. The van der Waals surface area contributed by atoms with E-state index in [1.165, 1.54) is 29.4 Å². The summed E-state index contributed by atoms with van der Waals surface area (Å²) in [6, 6.07) is 1.88. The highest BCUT2D eigenvalue weighted by Gasteiger charge is 2.21. The zero-order valence-corrected chi connectivity index (χ0v) is 16.3. The summed E-state index contributed by atoms with van der Waals surface area (Å²) >= 11 is 2.90. The van der Waals surface area contributed by atoms with Crippen LogP contribution < -0.4 is 5.32 Å². The molecule has 0 bridgehead atoms. The van der Waals surface area contributed by atoms with E-state index in [0.717, 1.165) is 21.2 Å². The number of nitrogens with zero attached hydrogens (tertiary/aromatic N) is 2. The zero-order chi connectivity index (χ0) is 18.4. The molecule has 0 atom stereocenters. The fourth-order valence-corrected chi connectivity index (χ4v) is 4.05. The van der Waals surface area contributed by atoms with Crippen molar-refractivity contribution in [1.29, 1.82) is 0 Å². The lowest BCUT2D eigenvalue weighted by atomic mass is 10.1. The van der Waals surface area contributed by atoms with Crippen LogP contribution in [0.4, 0.5) is 5.00 Å². The standard InChI is InChI=1S/C17H21N3O3S2/c1-5-23-17(22)15-11(3)12(4)25-16(15)20-13(21)6-7-24-14-8-10(2)18-9-19-14/h8-9H,5-7H2,1-4H3,(H,20,21). The van der Waals surface area contributed by atoms with Crippen LogP contribution in [0, 0.1) is 20.8 Å². The van der Waals surface area contributed by atoms with Crippen LogP contribution in [0.15, 0.2) is 17.4 Å². The number of ether oxygens (including phenoxy) is 1. The van der Waals surface area contributed by atoms with E-state index >= 15 is 0 Å². The summed E-state index contributed by atoms with van der Waals surface area (Å²) in [7, 11) is 0. The van der Waals surface area contributed by atoms with Gasteiger partial charge in [-0.2, -0.15) is 0 Å². The molecule has 2 rings (SSSR count). The number of thioether (sulfide) groups is 1. The summed E-state index contributed by atoms with van der Waals surface area (Å²) in [5.41, 5.74) is 2.20. The summed E-state index contributed by atoms with van der Waals surface area (Å²) in [6.45, 7) is 7.75. The van der Waals surface area contributed by atoms with Gasteiger partial charge >= 0.3 is 5.97 Å². The normalized spacial score (nSPS) is 10.6. The highest BCUT2D eigenvalue weighted by molar-refractivity contribution is 7.99. The Morgan fingerprint density at radius 1 is 1.28 bits per heavy atom. The van der Waals surface area contributed by atoms with Gasteiger partial charge in [0.25, 0.3) is 0 Å². The Morgan fingerprint density at radius 3 is 2.72 bits per heavy atom. The monoisotopic (exact) mass is 379 g/mol. The Morgan fingerprint density at radius 2 is 2.04 bits per heavy atom. The summed E-state index contributed by atoms with van der Waals surface area (Å²) in [5, 5.41) is 4.24. The van der Waals surface area contributed by atoms with Gasteiger partial charge in [0.2, 0.25) is 5.91 Å². The maximum atomic E-state index is 12.2. The van der Waals surface area contributed by atoms with Gasteiger partial charge in [0, 0.05) is 22.7 Å². The van der Waals surface area contributed by atoms with Crippen molar-refractivity contribution in [1.82, 2.24) is 9.97 Å². The number of carbonyl (C=O) groups is 2. The van der Waals surface area contributed by atoms with Crippen LogP contribution in [0.1, 0.15) is 39.8 Å². The van der Waals surface area contributed by atoms with Crippen LogP contribution in [0.3, 0.4) is 0 Å². The van der Waals surface area contributed by atoms with E-state index in [0.29, 0.717) is 29.3 Å². The van der Waals surface area contributed by atoms with E-state index < -0.39 is 5.97 Å². The van der Waals surface area contributed by atoms with Gasteiger partial charge in [0.1, 0.15) is 11.3 Å². The van der Waals surface area contributed by atoms with Crippen molar-refractivity contribution in [3.8, 4) is 0 Å². The van der Waals surface area contributed by atoms with Crippen LogP contribution in [-0.4, -0.2) is 34.2 Å². The maximum Gasteiger partial charge on any atom is 0.341 e. The second-order valence-electron chi connectivity index (χ2n) is 5.35. The van der Waals surface area contributed by atoms with Crippen LogP contribution >= 0.6 is 23.1 Å². The second-order valence-corrected chi connectivity index (χ2v) is 7.69. The van der Waals surface area contributed by atoms with E-state index in [4.69, 9.17) is 4.74 Å².